The number of amides is 1. The summed E-state index contributed by atoms with van der Waals surface area (Å²) in [5.74, 6) is 1.04. The van der Waals surface area contributed by atoms with Gasteiger partial charge in [0.15, 0.2) is 0 Å². The molecule has 0 saturated carbocycles. The fraction of sp³-hybridized carbons (Fsp3) is 0.471. The monoisotopic (exact) mass is 343 g/mol. The minimum absolute atomic E-state index is 0.254. The fourth-order valence-electron chi connectivity index (χ4n) is 3.31. The maximum absolute atomic E-state index is 12.6. The van der Waals surface area contributed by atoms with Gasteiger partial charge in [-0.1, -0.05) is 6.07 Å². The number of likely N-dealkylation sites (tertiary alicyclic amines) is 1. The number of nitrogens with zero attached hydrogens (tertiary/aromatic N) is 5. The van der Waals surface area contributed by atoms with Crippen molar-refractivity contribution in [2.75, 3.05) is 44.2 Å². The number of carbonyl (C=O) groups excluding carboxylic acids is 1. The largest absolute Gasteiger partial charge is 0.338 e. The molecular weight excluding hydrogens is 322 g/mol. The molecule has 0 spiro atoms. The first-order chi connectivity index (χ1) is 11.8. The Morgan fingerprint density at radius 1 is 1.12 bits per heavy atom. The van der Waals surface area contributed by atoms with Crippen LogP contribution in [0.25, 0.3) is 0 Å². The molecule has 2 saturated heterocycles. The quantitative estimate of drug-likeness (QED) is 0.845. The Hall–Kier alpha value is -1.99. The lowest BCUT2D eigenvalue weighted by Gasteiger charge is -2.42. The van der Waals surface area contributed by atoms with Gasteiger partial charge in [0.1, 0.15) is 0 Å². The summed E-state index contributed by atoms with van der Waals surface area (Å²) in [6.07, 6.45) is 4.63. The molecule has 0 aromatic carbocycles. The van der Waals surface area contributed by atoms with Gasteiger partial charge in [0.2, 0.25) is 11.9 Å². The first-order valence-electron chi connectivity index (χ1n) is 8.38. The van der Waals surface area contributed by atoms with Gasteiger partial charge in [-0.05, 0) is 23.9 Å². The van der Waals surface area contributed by atoms with Crippen molar-refractivity contribution in [2.45, 2.75) is 12.5 Å². The van der Waals surface area contributed by atoms with Gasteiger partial charge >= 0.3 is 0 Å². The predicted octanol–water partition coefficient (Wildman–Crippen LogP) is 1.63. The van der Waals surface area contributed by atoms with Crippen LogP contribution in [0.15, 0.2) is 36.0 Å². The van der Waals surface area contributed by atoms with Crippen LogP contribution in [0.5, 0.6) is 0 Å². The van der Waals surface area contributed by atoms with E-state index < -0.39 is 0 Å². The highest BCUT2D eigenvalue weighted by molar-refractivity contribution is 7.10. The first-order valence-corrected chi connectivity index (χ1v) is 9.26. The van der Waals surface area contributed by atoms with E-state index in [9.17, 15) is 4.79 Å². The van der Waals surface area contributed by atoms with Crippen molar-refractivity contribution >= 4 is 23.2 Å². The van der Waals surface area contributed by atoms with E-state index in [1.165, 1.54) is 4.88 Å². The van der Waals surface area contributed by atoms with Crippen molar-refractivity contribution < 1.29 is 4.79 Å². The number of thiophene rings is 1. The zero-order valence-electron chi connectivity index (χ0n) is 13.5. The van der Waals surface area contributed by atoms with E-state index in [1.54, 1.807) is 23.7 Å². The van der Waals surface area contributed by atoms with Gasteiger partial charge in [-0.15, -0.1) is 11.3 Å². The second-order valence-corrected chi connectivity index (χ2v) is 7.20. The molecule has 6 nitrogen and oxygen atoms in total. The van der Waals surface area contributed by atoms with E-state index in [0.717, 1.165) is 45.1 Å². The van der Waals surface area contributed by atoms with Crippen LogP contribution in [0.1, 0.15) is 17.3 Å². The first kappa shape index (κ1) is 15.5. The number of carbonyl (C=O) groups is 1. The summed E-state index contributed by atoms with van der Waals surface area (Å²) in [6.45, 7) is 4.89. The van der Waals surface area contributed by atoms with E-state index >= 15 is 0 Å². The van der Waals surface area contributed by atoms with Gasteiger partial charge in [-0.2, -0.15) is 0 Å². The number of hydrogen-bond donors (Lipinski definition) is 0. The summed E-state index contributed by atoms with van der Waals surface area (Å²) in [4.78, 5) is 29.0. The van der Waals surface area contributed by atoms with Gasteiger partial charge < -0.3 is 9.80 Å². The Morgan fingerprint density at radius 2 is 1.92 bits per heavy atom. The lowest BCUT2D eigenvalue weighted by molar-refractivity contribution is -0.140. The Kier molecular flexibility index (Phi) is 4.44. The lowest BCUT2D eigenvalue weighted by atomic mass is 10.0. The van der Waals surface area contributed by atoms with Crippen molar-refractivity contribution in [3.8, 4) is 0 Å². The van der Waals surface area contributed by atoms with Gasteiger partial charge in [-0.3, -0.25) is 9.69 Å². The molecule has 0 unspecified atom stereocenters. The highest BCUT2D eigenvalue weighted by Gasteiger charge is 2.34. The molecule has 4 rings (SSSR count). The molecule has 4 heterocycles. The van der Waals surface area contributed by atoms with Crippen LogP contribution in [0.3, 0.4) is 0 Å². The normalized spacial score (nSPS) is 21.6. The Bertz CT molecular complexity index is 670. The van der Waals surface area contributed by atoms with Crippen LogP contribution in [-0.4, -0.2) is 64.9 Å². The second kappa shape index (κ2) is 6.86. The molecule has 2 aromatic rings. The molecule has 0 aliphatic carbocycles. The van der Waals surface area contributed by atoms with E-state index in [-0.39, 0.29) is 5.91 Å². The van der Waals surface area contributed by atoms with Crippen LogP contribution >= 0.6 is 11.3 Å². The van der Waals surface area contributed by atoms with Crippen molar-refractivity contribution in [2.24, 2.45) is 0 Å². The third-order valence-corrected chi connectivity index (χ3v) is 5.75. The zero-order chi connectivity index (χ0) is 16.4. The molecule has 0 radical (unpaired) electrons. The average molecular weight is 343 g/mol. The summed E-state index contributed by atoms with van der Waals surface area (Å²) in [5, 5.41) is 2.08. The predicted molar refractivity (Wildman–Crippen MR) is 94.1 cm³/mol. The van der Waals surface area contributed by atoms with Gasteiger partial charge in [-0.25, -0.2) is 9.97 Å². The van der Waals surface area contributed by atoms with Crippen molar-refractivity contribution in [1.29, 1.82) is 0 Å². The van der Waals surface area contributed by atoms with Crippen molar-refractivity contribution in [3.05, 3.63) is 40.8 Å². The summed E-state index contributed by atoms with van der Waals surface area (Å²) in [5.41, 5.74) is 0. The minimum atomic E-state index is 0.254. The molecule has 24 heavy (non-hydrogen) atoms. The average Bonchev–Trinajstić information content (AvgIpc) is 3.09. The molecule has 0 N–H and O–H groups in total. The molecule has 1 atom stereocenters. The second-order valence-electron chi connectivity index (χ2n) is 6.22. The molecule has 126 valence electrons. The van der Waals surface area contributed by atoms with Gasteiger partial charge in [0, 0.05) is 50.0 Å². The Morgan fingerprint density at radius 3 is 2.54 bits per heavy atom. The molecule has 2 fully saturated rings. The fourth-order valence-corrected chi connectivity index (χ4v) is 4.18. The highest BCUT2D eigenvalue weighted by atomic mass is 32.1. The molecular formula is C17H21N5OS. The van der Waals surface area contributed by atoms with Crippen LogP contribution < -0.4 is 4.90 Å². The number of anilines is 1. The summed E-state index contributed by atoms with van der Waals surface area (Å²) in [7, 11) is 0. The number of rotatable bonds is 4. The van der Waals surface area contributed by atoms with E-state index in [0.29, 0.717) is 12.6 Å². The Balaban J connectivity index is 1.29. The third kappa shape index (κ3) is 3.14. The van der Waals surface area contributed by atoms with Gasteiger partial charge in [0.25, 0.3) is 0 Å². The number of aromatic nitrogens is 2. The minimum Gasteiger partial charge on any atom is -0.338 e. The number of piperazine rings is 1. The summed E-state index contributed by atoms with van der Waals surface area (Å²) < 4.78 is 0. The smallest absolute Gasteiger partial charge is 0.237 e. The maximum Gasteiger partial charge on any atom is 0.237 e. The standard InChI is InChI=1S/C17H21N5OS/c23-16(22-7-4-14(22)15-3-1-12-24-15)13-20-8-10-21(11-9-20)17-18-5-2-6-19-17/h1-3,5-6,12,14H,4,7-11,13H2/t14-/m1/s1. The highest BCUT2D eigenvalue weighted by Crippen LogP contribution is 2.35. The van der Waals surface area contributed by atoms with Crippen LogP contribution in [-0.2, 0) is 4.79 Å². The number of hydrogen-bond acceptors (Lipinski definition) is 6. The van der Waals surface area contributed by atoms with Crippen LogP contribution in [0, 0.1) is 0 Å². The van der Waals surface area contributed by atoms with E-state index in [1.807, 2.05) is 11.0 Å². The molecule has 2 aliphatic heterocycles. The maximum atomic E-state index is 12.6. The van der Waals surface area contributed by atoms with Crippen LogP contribution in [0.4, 0.5) is 5.95 Å². The third-order valence-electron chi connectivity index (χ3n) is 4.78. The Labute approximate surface area is 145 Å². The summed E-state index contributed by atoms with van der Waals surface area (Å²) >= 11 is 1.74. The molecule has 0 bridgehead atoms. The molecule has 1 amide bonds. The van der Waals surface area contributed by atoms with Crippen LogP contribution in [0.2, 0.25) is 0 Å². The SMILES string of the molecule is O=C(CN1CCN(c2ncccn2)CC1)N1CC[C@@H]1c1cccs1. The summed E-state index contributed by atoms with van der Waals surface area (Å²) in [6, 6.07) is 6.32. The van der Waals surface area contributed by atoms with Gasteiger partial charge in [0.05, 0.1) is 12.6 Å². The van der Waals surface area contributed by atoms with E-state index in [4.69, 9.17) is 0 Å². The van der Waals surface area contributed by atoms with E-state index in [2.05, 4.69) is 37.3 Å². The molecule has 2 aliphatic rings. The topological polar surface area (TPSA) is 52.6 Å². The zero-order valence-corrected chi connectivity index (χ0v) is 14.4. The lowest BCUT2D eigenvalue weighted by Crippen LogP contribution is -2.53. The molecule has 7 heteroatoms. The van der Waals surface area contributed by atoms with Crippen molar-refractivity contribution in [3.63, 3.8) is 0 Å². The van der Waals surface area contributed by atoms with Crippen molar-refractivity contribution in [1.82, 2.24) is 19.8 Å². The molecule has 2 aromatic heterocycles.